The Balaban J connectivity index is 2.35. The highest BCUT2D eigenvalue weighted by atomic mass is 16.6. The number of carbonyl (C=O) groups excluding carboxylic acids is 2. The molecule has 2 aromatic rings. The first kappa shape index (κ1) is 20.8. The molecular weight excluding hydrogens is 348 g/mol. The minimum atomic E-state index is -0.862. The van der Waals surface area contributed by atoms with Crippen molar-refractivity contribution < 1.29 is 23.8 Å². The molecule has 7 heteroatoms. The zero-order chi connectivity index (χ0) is 20.0. The Morgan fingerprint density at radius 1 is 1.22 bits per heavy atom. The Labute approximate surface area is 159 Å². The average Bonchev–Trinajstić information content (AvgIpc) is 2.99. The lowest BCUT2D eigenvalue weighted by molar-refractivity contribution is -0.151. The number of carbonyl (C=O) groups is 2. The van der Waals surface area contributed by atoms with Gasteiger partial charge in [0, 0.05) is 30.6 Å². The average molecular weight is 376 g/mol. The van der Waals surface area contributed by atoms with Gasteiger partial charge in [0.1, 0.15) is 18.4 Å². The number of esters is 1. The van der Waals surface area contributed by atoms with Crippen molar-refractivity contribution in [2.24, 2.45) is 0 Å². The number of aromatic nitrogens is 1. The summed E-state index contributed by atoms with van der Waals surface area (Å²) in [5.41, 5.74) is 1.18. The zero-order valence-electron chi connectivity index (χ0n) is 16.6. The van der Waals surface area contributed by atoms with E-state index in [1.165, 1.54) is 12.0 Å². The Hall–Kier alpha value is -2.54. The van der Waals surface area contributed by atoms with Gasteiger partial charge in [0.2, 0.25) is 0 Å². The lowest BCUT2D eigenvalue weighted by Crippen LogP contribution is -2.49. The van der Waals surface area contributed by atoms with Crippen LogP contribution in [-0.4, -0.2) is 54.0 Å². The third-order valence-electron chi connectivity index (χ3n) is 3.92. The number of benzene rings is 1. The van der Waals surface area contributed by atoms with Gasteiger partial charge in [0.05, 0.1) is 6.61 Å². The molecule has 0 saturated heterocycles. The molecule has 7 nitrogen and oxygen atoms in total. The molecule has 2 rings (SSSR count). The van der Waals surface area contributed by atoms with Crippen molar-refractivity contribution in [3.8, 4) is 0 Å². The number of nitrogens with zero attached hydrogens (tertiary/aromatic N) is 1. The monoisotopic (exact) mass is 376 g/mol. The molecule has 0 bridgehead atoms. The van der Waals surface area contributed by atoms with Crippen molar-refractivity contribution >= 4 is 23.0 Å². The lowest BCUT2D eigenvalue weighted by atomic mass is 10.0. The van der Waals surface area contributed by atoms with Crippen LogP contribution < -0.4 is 0 Å². The number of H-pyrrole nitrogens is 1. The van der Waals surface area contributed by atoms with Crippen molar-refractivity contribution in [2.75, 3.05) is 20.4 Å². The number of methoxy groups -OCH3 is 1. The zero-order valence-corrected chi connectivity index (χ0v) is 16.6. The van der Waals surface area contributed by atoms with Gasteiger partial charge in [0.25, 0.3) is 0 Å². The Morgan fingerprint density at radius 3 is 2.56 bits per heavy atom. The maximum absolute atomic E-state index is 12.7. The largest absolute Gasteiger partial charge is 0.464 e. The summed E-state index contributed by atoms with van der Waals surface area (Å²) >= 11 is 0. The Bertz CT molecular complexity index is 778. The molecule has 0 unspecified atom stereocenters. The predicted molar refractivity (Wildman–Crippen MR) is 102 cm³/mol. The summed E-state index contributed by atoms with van der Waals surface area (Å²) in [6.45, 7) is 7.19. The summed E-state index contributed by atoms with van der Waals surface area (Å²) < 4.78 is 15.8. The normalized spacial score (nSPS) is 12.6. The SMILES string of the molecule is CCOC(=O)[C@H](Cc1c[nH]c2ccccc12)N(COC)C(=O)OC(C)(C)C. The molecule has 0 aliphatic heterocycles. The quantitative estimate of drug-likeness (QED) is 0.591. The van der Waals surface area contributed by atoms with Gasteiger partial charge in [-0.3, -0.25) is 4.90 Å². The molecule has 1 heterocycles. The first-order valence-electron chi connectivity index (χ1n) is 8.97. The highest BCUT2D eigenvalue weighted by Gasteiger charge is 2.34. The predicted octanol–water partition coefficient (Wildman–Crippen LogP) is 3.48. The van der Waals surface area contributed by atoms with Gasteiger partial charge in [-0.05, 0) is 39.3 Å². The molecule has 1 aromatic heterocycles. The third kappa shape index (κ3) is 5.47. The van der Waals surface area contributed by atoms with Crippen molar-refractivity contribution in [2.45, 2.75) is 45.8 Å². The van der Waals surface area contributed by atoms with Crippen LogP contribution in [0.1, 0.15) is 33.3 Å². The van der Waals surface area contributed by atoms with E-state index in [1.807, 2.05) is 30.5 Å². The first-order valence-corrected chi connectivity index (χ1v) is 8.97. The first-order chi connectivity index (χ1) is 12.8. The van der Waals surface area contributed by atoms with Gasteiger partial charge in [-0.25, -0.2) is 9.59 Å². The number of ether oxygens (including phenoxy) is 3. The fraction of sp³-hybridized carbons (Fsp3) is 0.500. The van der Waals surface area contributed by atoms with E-state index in [0.717, 1.165) is 16.5 Å². The summed E-state index contributed by atoms with van der Waals surface area (Å²) in [6, 6.07) is 6.93. The second-order valence-corrected chi connectivity index (χ2v) is 7.20. The molecule has 148 valence electrons. The molecule has 0 fully saturated rings. The molecule has 1 atom stereocenters. The fourth-order valence-corrected chi connectivity index (χ4v) is 2.80. The van der Waals surface area contributed by atoms with Crippen molar-refractivity contribution in [3.05, 3.63) is 36.0 Å². The summed E-state index contributed by atoms with van der Waals surface area (Å²) in [6.07, 6.45) is 1.50. The molecule has 27 heavy (non-hydrogen) atoms. The number of hydrogen-bond donors (Lipinski definition) is 1. The molecule has 0 aliphatic rings. The van der Waals surface area contributed by atoms with Gasteiger partial charge < -0.3 is 19.2 Å². The second-order valence-electron chi connectivity index (χ2n) is 7.20. The van der Waals surface area contributed by atoms with E-state index in [4.69, 9.17) is 14.2 Å². The smallest absolute Gasteiger partial charge is 0.412 e. The van der Waals surface area contributed by atoms with Crippen LogP contribution in [0, 0.1) is 0 Å². The van der Waals surface area contributed by atoms with Crippen LogP contribution in [0.15, 0.2) is 30.5 Å². The number of aromatic amines is 1. The highest BCUT2D eigenvalue weighted by Crippen LogP contribution is 2.22. The van der Waals surface area contributed by atoms with Crippen molar-refractivity contribution in [1.29, 1.82) is 0 Å². The molecule has 0 aliphatic carbocycles. The van der Waals surface area contributed by atoms with E-state index in [9.17, 15) is 9.59 Å². The van der Waals surface area contributed by atoms with E-state index in [1.54, 1.807) is 27.7 Å². The van der Waals surface area contributed by atoms with Gasteiger partial charge in [-0.1, -0.05) is 18.2 Å². The topological polar surface area (TPSA) is 80.9 Å². The van der Waals surface area contributed by atoms with E-state index in [0.29, 0.717) is 0 Å². The number of nitrogens with one attached hydrogen (secondary N) is 1. The van der Waals surface area contributed by atoms with Crippen LogP contribution in [-0.2, 0) is 25.4 Å². The van der Waals surface area contributed by atoms with E-state index >= 15 is 0 Å². The van der Waals surface area contributed by atoms with Gasteiger partial charge in [-0.15, -0.1) is 0 Å². The van der Waals surface area contributed by atoms with Crippen LogP contribution in [0.4, 0.5) is 4.79 Å². The molecule has 0 radical (unpaired) electrons. The molecule has 1 amide bonds. The van der Waals surface area contributed by atoms with Crippen molar-refractivity contribution in [1.82, 2.24) is 9.88 Å². The third-order valence-corrected chi connectivity index (χ3v) is 3.92. The number of hydrogen-bond acceptors (Lipinski definition) is 5. The second kappa shape index (κ2) is 8.90. The summed E-state index contributed by atoms with van der Waals surface area (Å²) in [5.74, 6) is -0.495. The van der Waals surface area contributed by atoms with Gasteiger partial charge in [0.15, 0.2) is 0 Å². The number of rotatable bonds is 7. The lowest BCUT2D eigenvalue weighted by Gasteiger charge is -2.31. The Kier molecular flexibility index (Phi) is 6.85. The minimum absolute atomic E-state index is 0.0826. The van der Waals surface area contributed by atoms with Crippen LogP contribution in [0.5, 0.6) is 0 Å². The van der Waals surface area contributed by atoms with Gasteiger partial charge in [-0.2, -0.15) is 0 Å². The van der Waals surface area contributed by atoms with E-state index in [2.05, 4.69) is 4.98 Å². The number of fused-ring (bicyclic) bond motifs is 1. The fourth-order valence-electron chi connectivity index (χ4n) is 2.80. The summed E-state index contributed by atoms with van der Waals surface area (Å²) in [5, 5.41) is 0.994. The van der Waals surface area contributed by atoms with Gasteiger partial charge >= 0.3 is 12.1 Å². The van der Waals surface area contributed by atoms with E-state index in [-0.39, 0.29) is 19.8 Å². The number of para-hydroxylation sites is 1. The van der Waals surface area contributed by atoms with Crippen LogP contribution in [0.3, 0.4) is 0 Å². The molecular formula is C20H28N2O5. The minimum Gasteiger partial charge on any atom is -0.464 e. The van der Waals surface area contributed by atoms with Crippen LogP contribution in [0.25, 0.3) is 10.9 Å². The van der Waals surface area contributed by atoms with Crippen LogP contribution >= 0.6 is 0 Å². The highest BCUT2D eigenvalue weighted by molar-refractivity contribution is 5.86. The molecule has 0 spiro atoms. The molecule has 0 saturated carbocycles. The molecule has 1 N–H and O–H groups in total. The number of amides is 1. The standard InChI is InChI=1S/C20H28N2O5/c1-6-26-18(23)17(22(13-25-5)19(24)27-20(2,3)4)11-14-12-21-16-10-8-7-9-15(14)16/h7-10,12,17,21H,6,11,13H2,1-5H3/t17-/m0/s1. The summed E-state index contributed by atoms with van der Waals surface area (Å²) in [4.78, 5) is 29.8. The van der Waals surface area contributed by atoms with E-state index < -0.39 is 23.7 Å². The van der Waals surface area contributed by atoms with Crippen LogP contribution in [0.2, 0.25) is 0 Å². The summed E-state index contributed by atoms with van der Waals surface area (Å²) in [7, 11) is 1.46. The Morgan fingerprint density at radius 2 is 1.93 bits per heavy atom. The van der Waals surface area contributed by atoms with Crippen molar-refractivity contribution in [3.63, 3.8) is 0 Å². The molecule has 1 aromatic carbocycles. The maximum atomic E-state index is 12.7. The maximum Gasteiger partial charge on any atom is 0.412 e.